The zero-order valence-corrected chi connectivity index (χ0v) is 21.5. The van der Waals surface area contributed by atoms with Crippen molar-refractivity contribution in [3.63, 3.8) is 0 Å². The standard InChI is InChI=1S/4C2H7N.4H3O4P/c4*1-2-3;4*1-5(2,3)4/h4*2-3H2,1H3;4*(H3,1,2,3,4). The van der Waals surface area contributed by atoms with Crippen molar-refractivity contribution in [3.05, 3.63) is 0 Å². The van der Waals surface area contributed by atoms with Crippen molar-refractivity contribution in [3.8, 4) is 0 Å². The summed E-state index contributed by atoms with van der Waals surface area (Å²) in [5.74, 6) is 0. The Balaban J connectivity index is -0.0000000347. The average Bonchev–Trinajstić information content (AvgIpc) is 2.32. The molecule has 0 aromatic heterocycles. The molecule has 0 rings (SSSR count). The van der Waals surface area contributed by atoms with Gasteiger partial charge < -0.3 is 81.7 Å². The van der Waals surface area contributed by atoms with Crippen molar-refractivity contribution in [2.45, 2.75) is 27.7 Å². The van der Waals surface area contributed by atoms with Gasteiger partial charge in [-0.1, -0.05) is 27.7 Å². The molecule has 0 atom stereocenters. The highest BCUT2D eigenvalue weighted by molar-refractivity contribution is 7.45. The number of rotatable bonds is 0. The smallest absolute Gasteiger partial charge is 0.331 e. The van der Waals surface area contributed by atoms with E-state index in [1.807, 2.05) is 27.7 Å². The van der Waals surface area contributed by atoms with E-state index in [0.717, 1.165) is 26.2 Å². The van der Waals surface area contributed by atoms with Crippen molar-refractivity contribution in [1.29, 1.82) is 0 Å². The first kappa shape index (κ1) is 53.6. The van der Waals surface area contributed by atoms with Crippen LogP contribution in [-0.2, 0) is 18.3 Å². The number of nitrogens with two attached hydrogens (primary N) is 4. The van der Waals surface area contributed by atoms with Gasteiger partial charge in [0.1, 0.15) is 0 Å². The molecule has 32 heavy (non-hydrogen) atoms. The van der Waals surface area contributed by atoms with Crippen LogP contribution in [0.5, 0.6) is 0 Å². The maximum absolute atomic E-state index is 8.88. The summed E-state index contributed by atoms with van der Waals surface area (Å²) in [5, 5.41) is 0. The predicted molar refractivity (Wildman–Crippen MR) is 116 cm³/mol. The quantitative estimate of drug-likeness (QED) is 0.123. The van der Waals surface area contributed by atoms with Gasteiger partial charge in [0, 0.05) is 0 Å². The molecule has 0 aliphatic rings. The van der Waals surface area contributed by atoms with Gasteiger partial charge in [0.15, 0.2) is 0 Å². The highest BCUT2D eigenvalue weighted by Crippen LogP contribution is 2.27. The minimum atomic E-state index is -4.64. The van der Waals surface area contributed by atoms with E-state index in [0.29, 0.717) is 0 Å². The van der Waals surface area contributed by atoms with E-state index in [2.05, 4.69) is 0 Å². The Bertz CT molecular complexity index is 367. The Morgan fingerprint density at radius 2 is 0.375 bits per heavy atom. The van der Waals surface area contributed by atoms with Crippen molar-refractivity contribution in [1.82, 2.24) is 0 Å². The van der Waals surface area contributed by atoms with Gasteiger partial charge in [-0.25, -0.2) is 18.3 Å². The van der Waals surface area contributed by atoms with Crippen LogP contribution in [0.1, 0.15) is 27.7 Å². The Morgan fingerprint density at radius 3 is 0.375 bits per heavy atom. The van der Waals surface area contributed by atoms with Gasteiger partial charge in [0.2, 0.25) is 0 Å². The van der Waals surface area contributed by atoms with Crippen LogP contribution in [0.3, 0.4) is 0 Å². The topological polar surface area (TPSA) is 415 Å². The second-order valence-corrected chi connectivity index (χ2v) is 7.79. The SMILES string of the molecule is CCN.CCN.CCN.CCN.O=P(O)(O)O.O=P(O)(O)O.O=P(O)(O)O.O=P(O)(O)O. The van der Waals surface area contributed by atoms with Gasteiger partial charge in [-0.2, -0.15) is 0 Å². The van der Waals surface area contributed by atoms with E-state index in [9.17, 15) is 0 Å². The molecule has 0 aromatic rings. The van der Waals surface area contributed by atoms with E-state index in [4.69, 9.17) is 99.9 Å². The first-order valence-electron chi connectivity index (χ1n) is 7.59. The summed E-state index contributed by atoms with van der Waals surface area (Å²) < 4.78 is 35.5. The first-order chi connectivity index (χ1) is 13.7. The number of hydrogen-bond donors (Lipinski definition) is 16. The monoisotopic (exact) mass is 572 g/mol. The minimum Gasteiger partial charge on any atom is -0.331 e. The van der Waals surface area contributed by atoms with E-state index in [1.165, 1.54) is 0 Å². The van der Waals surface area contributed by atoms with Crippen LogP contribution in [0.2, 0.25) is 0 Å². The van der Waals surface area contributed by atoms with Crippen LogP contribution < -0.4 is 22.9 Å². The molecule has 20 nitrogen and oxygen atoms in total. The summed E-state index contributed by atoms with van der Waals surface area (Å²) >= 11 is 0. The van der Waals surface area contributed by atoms with E-state index >= 15 is 0 Å². The van der Waals surface area contributed by atoms with Gasteiger partial charge in [0.25, 0.3) is 0 Å². The first-order valence-corrected chi connectivity index (χ1v) is 13.9. The van der Waals surface area contributed by atoms with Crippen LogP contribution >= 0.6 is 31.3 Å². The van der Waals surface area contributed by atoms with E-state index in [1.54, 1.807) is 0 Å². The van der Waals surface area contributed by atoms with Crippen molar-refractivity contribution in [2.24, 2.45) is 22.9 Å². The molecule has 20 N–H and O–H groups in total. The molecule has 0 saturated heterocycles. The van der Waals surface area contributed by atoms with Gasteiger partial charge in [-0.15, -0.1) is 0 Å². The molecule has 0 bridgehead atoms. The molecule has 0 aromatic carbocycles. The van der Waals surface area contributed by atoms with Crippen LogP contribution in [0.15, 0.2) is 0 Å². The summed E-state index contributed by atoms with van der Waals surface area (Å²) in [6.45, 7) is 10.6. The number of hydrogen-bond acceptors (Lipinski definition) is 8. The molecule has 208 valence electrons. The third-order valence-corrected chi connectivity index (χ3v) is 0. The molecule has 0 spiro atoms. The van der Waals surface area contributed by atoms with Gasteiger partial charge in [-0.05, 0) is 26.2 Å². The molecule has 0 heterocycles. The molecule has 0 aliphatic carbocycles. The zero-order valence-electron chi connectivity index (χ0n) is 17.9. The predicted octanol–water partition coefficient (Wildman–Crippen LogP) is -3.85. The van der Waals surface area contributed by atoms with Gasteiger partial charge in [-0.3, -0.25) is 0 Å². The molecule has 0 unspecified atom stereocenters. The molecular weight excluding hydrogens is 532 g/mol. The molecule has 0 saturated carbocycles. The summed E-state index contributed by atoms with van der Waals surface area (Å²) in [6, 6.07) is 0. The van der Waals surface area contributed by atoms with E-state index < -0.39 is 31.3 Å². The van der Waals surface area contributed by atoms with Crippen molar-refractivity contribution < 1.29 is 77.0 Å². The van der Waals surface area contributed by atoms with Crippen LogP contribution in [0.4, 0.5) is 0 Å². The van der Waals surface area contributed by atoms with Crippen molar-refractivity contribution >= 4 is 31.3 Å². The van der Waals surface area contributed by atoms with Gasteiger partial charge >= 0.3 is 31.3 Å². The van der Waals surface area contributed by atoms with Crippen molar-refractivity contribution in [2.75, 3.05) is 26.2 Å². The molecular formula is C8H40N4O16P4. The third kappa shape index (κ3) is 331000. The summed E-state index contributed by atoms with van der Waals surface area (Å²) in [5.41, 5.74) is 19.4. The maximum atomic E-state index is 8.88. The highest BCUT2D eigenvalue weighted by atomic mass is 31.2. The van der Waals surface area contributed by atoms with Crippen LogP contribution in [-0.4, -0.2) is 84.9 Å². The Morgan fingerprint density at radius 1 is 0.375 bits per heavy atom. The fraction of sp³-hybridized carbons (Fsp3) is 1.00. The zero-order chi connectivity index (χ0) is 28.8. The molecule has 24 heteroatoms. The largest absolute Gasteiger partial charge is 0.466 e. The van der Waals surface area contributed by atoms with Gasteiger partial charge in [0.05, 0.1) is 0 Å². The van der Waals surface area contributed by atoms with Crippen LogP contribution in [0, 0.1) is 0 Å². The van der Waals surface area contributed by atoms with E-state index in [-0.39, 0.29) is 0 Å². The Hall–Kier alpha value is 0.280. The lowest BCUT2D eigenvalue weighted by molar-refractivity contribution is 0.272. The summed E-state index contributed by atoms with van der Waals surface area (Å²) in [6.07, 6.45) is 0. The second-order valence-electron chi connectivity index (χ2n) is 3.69. The second kappa shape index (κ2) is 35.9. The lowest BCUT2D eigenvalue weighted by Gasteiger charge is -1.82. The summed E-state index contributed by atoms with van der Waals surface area (Å²) in [7, 11) is -18.6. The molecule has 0 radical (unpaired) electrons. The lowest BCUT2D eigenvalue weighted by atomic mass is 10.8. The normalized spacial score (nSPS) is 9.62. The molecule has 0 fully saturated rings. The molecule has 0 amide bonds. The molecule has 0 aliphatic heterocycles. The maximum Gasteiger partial charge on any atom is 0.466 e. The third-order valence-electron chi connectivity index (χ3n) is 0. The fourth-order valence-corrected chi connectivity index (χ4v) is 0. The Kier molecular flexibility index (Phi) is 60.0. The minimum absolute atomic E-state index is 0.750. The fourth-order valence-electron chi connectivity index (χ4n) is 0. The van der Waals surface area contributed by atoms with Crippen LogP contribution in [0.25, 0.3) is 0 Å². The number of phosphoric acid groups is 4. The highest BCUT2D eigenvalue weighted by Gasteiger charge is 2.01. The average molecular weight is 572 g/mol. The Labute approximate surface area is 185 Å². The lowest BCUT2D eigenvalue weighted by Crippen LogP contribution is -1.87. The summed E-state index contributed by atoms with van der Waals surface area (Å²) in [4.78, 5) is 86.2.